The summed E-state index contributed by atoms with van der Waals surface area (Å²) in [7, 11) is 0. The first-order valence-electron chi connectivity index (χ1n) is 5.44. The van der Waals surface area contributed by atoms with Crippen molar-refractivity contribution in [2.45, 2.75) is 13.0 Å². The molecule has 0 spiro atoms. The third kappa shape index (κ3) is 1.93. The second kappa shape index (κ2) is 4.25. The zero-order chi connectivity index (χ0) is 11.7. The van der Waals surface area contributed by atoms with Gasteiger partial charge < -0.3 is 4.90 Å². The molecule has 5 heteroatoms. The van der Waals surface area contributed by atoms with Crippen molar-refractivity contribution in [3.8, 4) is 0 Å². The van der Waals surface area contributed by atoms with Crippen LogP contribution in [0.25, 0.3) is 0 Å². The number of nitrogens with zero attached hydrogens (tertiary/aromatic N) is 3. The second-order valence-corrected chi connectivity index (χ2v) is 4.98. The Labute approximate surface area is 103 Å². The summed E-state index contributed by atoms with van der Waals surface area (Å²) in [6, 6.07) is 2.16. The summed E-state index contributed by atoms with van der Waals surface area (Å²) in [5.41, 5.74) is 1.88. The minimum atomic E-state index is 0.516. The van der Waals surface area contributed by atoms with Crippen molar-refractivity contribution in [1.82, 2.24) is 9.97 Å². The Bertz CT molecular complexity index is 535. The molecule has 0 saturated carbocycles. The standard InChI is InChI=1S/C12H11N3OS/c16-8-9-5-13-12(14-6-9)15-3-1-11-10(7-15)2-4-17-11/h2,4-6,8H,1,3,7H2. The highest BCUT2D eigenvalue weighted by Gasteiger charge is 2.18. The molecule has 0 N–H and O–H groups in total. The van der Waals surface area contributed by atoms with E-state index in [1.165, 1.54) is 10.4 Å². The molecule has 0 bridgehead atoms. The van der Waals surface area contributed by atoms with Gasteiger partial charge in [-0.05, 0) is 23.4 Å². The van der Waals surface area contributed by atoms with Crippen molar-refractivity contribution in [2.75, 3.05) is 11.4 Å². The average molecular weight is 245 g/mol. The number of carbonyl (C=O) groups excluding carboxylic acids is 1. The molecule has 0 saturated heterocycles. The highest BCUT2D eigenvalue weighted by atomic mass is 32.1. The van der Waals surface area contributed by atoms with Crippen LogP contribution in [0, 0.1) is 0 Å². The maximum absolute atomic E-state index is 10.5. The highest BCUT2D eigenvalue weighted by molar-refractivity contribution is 7.10. The monoisotopic (exact) mass is 245 g/mol. The van der Waals surface area contributed by atoms with Gasteiger partial charge in [-0.1, -0.05) is 0 Å². The maximum Gasteiger partial charge on any atom is 0.225 e. The summed E-state index contributed by atoms with van der Waals surface area (Å²) >= 11 is 1.81. The molecule has 1 aliphatic heterocycles. The smallest absolute Gasteiger partial charge is 0.225 e. The van der Waals surface area contributed by atoms with E-state index >= 15 is 0 Å². The zero-order valence-corrected chi connectivity index (χ0v) is 9.98. The molecule has 1 aliphatic rings. The fourth-order valence-corrected chi connectivity index (χ4v) is 2.86. The Morgan fingerprint density at radius 1 is 1.35 bits per heavy atom. The molecule has 0 amide bonds. The number of rotatable bonds is 2. The number of fused-ring (bicyclic) bond motifs is 1. The lowest BCUT2D eigenvalue weighted by molar-refractivity contribution is 0.112. The van der Waals surface area contributed by atoms with Crippen LogP contribution < -0.4 is 4.90 Å². The van der Waals surface area contributed by atoms with E-state index in [0.29, 0.717) is 11.5 Å². The van der Waals surface area contributed by atoms with E-state index in [2.05, 4.69) is 26.3 Å². The fourth-order valence-electron chi connectivity index (χ4n) is 1.97. The molecule has 0 atom stereocenters. The van der Waals surface area contributed by atoms with E-state index in [1.807, 2.05) is 11.3 Å². The number of aldehydes is 1. The molecule has 0 radical (unpaired) electrons. The van der Waals surface area contributed by atoms with Crippen LogP contribution in [0.4, 0.5) is 5.95 Å². The predicted molar refractivity (Wildman–Crippen MR) is 66.5 cm³/mol. The quantitative estimate of drug-likeness (QED) is 0.758. The van der Waals surface area contributed by atoms with Gasteiger partial charge in [0.15, 0.2) is 6.29 Å². The van der Waals surface area contributed by atoms with E-state index in [4.69, 9.17) is 0 Å². The minimum Gasteiger partial charge on any atom is -0.336 e. The molecule has 0 unspecified atom stereocenters. The molecule has 3 heterocycles. The van der Waals surface area contributed by atoms with Gasteiger partial charge in [0.25, 0.3) is 0 Å². The van der Waals surface area contributed by atoms with Crippen LogP contribution in [0.5, 0.6) is 0 Å². The average Bonchev–Trinajstić information content (AvgIpc) is 2.86. The summed E-state index contributed by atoms with van der Waals surface area (Å²) in [6.07, 6.45) is 4.94. The molecule has 2 aromatic heterocycles. The first-order valence-corrected chi connectivity index (χ1v) is 6.32. The molecule has 0 aliphatic carbocycles. The number of anilines is 1. The van der Waals surface area contributed by atoms with Crippen LogP contribution in [0.2, 0.25) is 0 Å². The lowest BCUT2D eigenvalue weighted by Crippen LogP contribution is -2.30. The molecular weight excluding hydrogens is 234 g/mol. The first kappa shape index (κ1) is 10.4. The van der Waals surface area contributed by atoms with Gasteiger partial charge in [0.1, 0.15) is 0 Å². The van der Waals surface area contributed by atoms with Gasteiger partial charge in [0.05, 0.1) is 5.56 Å². The van der Waals surface area contributed by atoms with Crippen LogP contribution >= 0.6 is 11.3 Å². The molecule has 3 rings (SSSR count). The molecule has 4 nitrogen and oxygen atoms in total. The van der Waals surface area contributed by atoms with Crippen molar-refractivity contribution in [1.29, 1.82) is 0 Å². The van der Waals surface area contributed by atoms with Crippen molar-refractivity contribution in [2.24, 2.45) is 0 Å². The SMILES string of the molecule is O=Cc1cnc(N2CCc3sccc3C2)nc1. The van der Waals surface area contributed by atoms with Crippen LogP contribution in [0.15, 0.2) is 23.8 Å². The Morgan fingerprint density at radius 3 is 2.94 bits per heavy atom. The summed E-state index contributed by atoms with van der Waals surface area (Å²) in [4.78, 5) is 22.6. The summed E-state index contributed by atoms with van der Waals surface area (Å²) in [5.74, 6) is 0.701. The Morgan fingerprint density at radius 2 is 2.18 bits per heavy atom. The summed E-state index contributed by atoms with van der Waals surface area (Å²) in [6.45, 7) is 1.80. The topological polar surface area (TPSA) is 46.1 Å². The number of hydrogen-bond donors (Lipinski definition) is 0. The van der Waals surface area contributed by atoms with Crippen molar-refractivity contribution < 1.29 is 4.79 Å². The molecule has 17 heavy (non-hydrogen) atoms. The lowest BCUT2D eigenvalue weighted by atomic mass is 10.1. The number of hydrogen-bond acceptors (Lipinski definition) is 5. The van der Waals surface area contributed by atoms with Gasteiger partial charge in [-0.3, -0.25) is 4.79 Å². The van der Waals surface area contributed by atoms with Crippen LogP contribution in [0.1, 0.15) is 20.8 Å². The summed E-state index contributed by atoms with van der Waals surface area (Å²) < 4.78 is 0. The van der Waals surface area contributed by atoms with E-state index < -0.39 is 0 Å². The number of thiophene rings is 1. The molecule has 0 fully saturated rings. The van der Waals surface area contributed by atoms with Gasteiger partial charge >= 0.3 is 0 Å². The highest BCUT2D eigenvalue weighted by Crippen LogP contribution is 2.25. The van der Waals surface area contributed by atoms with Crippen LogP contribution in [-0.2, 0) is 13.0 Å². The van der Waals surface area contributed by atoms with E-state index in [1.54, 1.807) is 12.4 Å². The predicted octanol–water partition coefficient (Wildman–Crippen LogP) is 1.91. The normalized spacial score (nSPS) is 14.5. The van der Waals surface area contributed by atoms with Crippen LogP contribution in [0.3, 0.4) is 0 Å². The summed E-state index contributed by atoms with van der Waals surface area (Å²) in [5, 5.41) is 2.13. The molecule has 2 aromatic rings. The lowest BCUT2D eigenvalue weighted by Gasteiger charge is -2.26. The van der Waals surface area contributed by atoms with Crippen molar-refractivity contribution >= 4 is 23.6 Å². The molecular formula is C12H11N3OS. The van der Waals surface area contributed by atoms with Gasteiger partial charge in [-0.15, -0.1) is 11.3 Å². The number of carbonyl (C=O) groups is 1. The largest absolute Gasteiger partial charge is 0.336 e. The van der Waals surface area contributed by atoms with Crippen molar-refractivity contribution in [3.05, 3.63) is 39.8 Å². The van der Waals surface area contributed by atoms with Gasteiger partial charge in [-0.2, -0.15) is 0 Å². The third-order valence-electron chi connectivity index (χ3n) is 2.88. The van der Waals surface area contributed by atoms with Gasteiger partial charge in [-0.25, -0.2) is 9.97 Å². The van der Waals surface area contributed by atoms with E-state index in [9.17, 15) is 4.79 Å². The number of aromatic nitrogens is 2. The van der Waals surface area contributed by atoms with E-state index in [-0.39, 0.29) is 0 Å². The first-order chi connectivity index (χ1) is 8.36. The van der Waals surface area contributed by atoms with Crippen LogP contribution in [-0.4, -0.2) is 22.8 Å². The fraction of sp³-hybridized carbons (Fsp3) is 0.250. The minimum absolute atomic E-state index is 0.516. The van der Waals surface area contributed by atoms with Gasteiger partial charge in [0, 0.05) is 30.4 Å². The third-order valence-corrected chi connectivity index (χ3v) is 3.91. The molecule has 86 valence electrons. The molecule has 0 aromatic carbocycles. The second-order valence-electron chi connectivity index (χ2n) is 3.97. The Balaban J connectivity index is 1.84. The Hall–Kier alpha value is -1.75. The Kier molecular flexibility index (Phi) is 2.60. The maximum atomic E-state index is 10.5. The van der Waals surface area contributed by atoms with E-state index in [0.717, 1.165) is 25.8 Å². The van der Waals surface area contributed by atoms with Gasteiger partial charge in [0.2, 0.25) is 5.95 Å². The van der Waals surface area contributed by atoms with Crippen molar-refractivity contribution in [3.63, 3.8) is 0 Å². The zero-order valence-electron chi connectivity index (χ0n) is 9.17.